The van der Waals surface area contributed by atoms with Crippen molar-refractivity contribution in [3.63, 3.8) is 0 Å². The van der Waals surface area contributed by atoms with E-state index < -0.39 is 0 Å². The van der Waals surface area contributed by atoms with Crippen LogP contribution >= 0.6 is 0 Å². The molecule has 1 fully saturated rings. The average molecular weight is 248 g/mol. The van der Waals surface area contributed by atoms with Crippen LogP contribution in [0.4, 0.5) is 5.69 Å². The minimum absolute atomic E-state index is 0.109. The van der Waals surface area contributed by atoms with Crippen LogP contribution in [0.15, 0.2) is 18.3 Å². The summed E-state index contributed by atoms with van der Waals surface area (Å²) in [6, 6.07) is 3.72. The molecule has 0 unspecified atom stereocenters. The Labute approximate surface area is 108 Å². The quantitative estimate of drug-likeness (QED) is 0.806. The molecule has 5 nitrogen and oxygen atoms in total. The fraction of sp³-hybridized carbons (Fsp3) is 0.538. The van der Waals surface area contributed by atoms with E-state index in [1.165, 1.54) is 0 Å². The Morgan fingerprint density at radius 2 is 2.28 bits per heavy atom. The van der Waals surface area contributed by atoms with Crippen molar-refractivity contribution in [2.75, 3.05) is 31.6 Å². The van der Waals surface area contributed by atoms with Crippen LogP contribution in [0.25, 0.3) is 0 Å². The molecule has 2 rings (SSSR count). The molecule has 0 aliphatic carbocycles. The second-order valence-electron chi connectivity index (χ2n) is 5.21. The van der Waals surface area contributed by atoms with Crippen molar-refractivity contribution < 1.29 is 4.79 Å². The van der Waals surface area contributed by atoms with Crippen LogP contribution in [-0.4, -0.2) is 43.1 Å². The van der Waals surface area contributed by atoms with E-state index >= 15 is 0 Å². The van der Waals surface area contributed by atoms with Gasteiger partial charge in [-0.25, -0.2) is 4.98 Å². The zero-order valence-corrected chi connectivity index (χ0v) is 11.2. The molecule has 1 aromatic heterocycles. The number of hydrogen-bond donors (Lipinski definition) is 2. The lowest BCUT2D eigenvalue weighted by atomic mass is 10.0. The number of carbonyl (C=O) groups is 1. The molecule has 2 heterocycles. The van der Waals surface area contributed by atoms with Gasteiger partial charge in [-0.2, -0.15) is 0 Å². The SMILES string of the molecule is CNC(=O)c1ccc(N2CCNC(C)(C)C2)cn1. The lowest BCUT2D eigenvalue weighted by Gasteiger charge is -2.40. The molecule has 0 bridgehead atoms. The molecule has 0 aromatic carbocycles. The highest BCUT2D eigenvalue weighted by molar-refractivity contribution is 5.92. The summed E-state index contributed by atoms with van der Waals surface area (Å²) in [7, 11) is 1.61. The van der Waals surface area contributed by atoms with Gasteiger partial charge in [0.15, 0.2) is 0 Å². The molecule has 1 aliphatic heterocycles. The first-order valence-electron chi connectivity index (χ1n) is 6.20. The molecular weight excluding hydrogens is 228 g/mol. The van der Waals surface area contributed by atoms with Gasteiger partial charge in [0.25, 0.3) is 5.91 Å². The summed E-state index contributed by atoms with van der Waals surface area (Å²) in [5.74, 6) is -0.151. The Morgan fingerprint density at radius 1 is 1.50 bits per heavy atom. The summed E-state index contributed by atoms with van der Waals surface area (Å²) in [5.41, 5.74) is 1.63. The zero-order chi connectivity index (χ0) is 13.2. The standard InChI is InChI=1S/C13H20N4O/c1-13(2)9-17(7-6-16-13)10-4-5-11(15-8-10)12(18)14-3/h4-5,8,16H,6-7,9H2,1-3H3,(H,14,18). The Morgan fingerprint density at radius 3 is 2.83 bits per heavy atom. The summed E-state index contributed by atoms with van der Waals surface area (Å²) in [6.45, 7) is 7.24. The number of piperazine rings is 1. The van der Waals surface area contributed by atoms with Gasteiger partial charge < -0.3 is 15.5 Å². The highest BCUT2D eigenvalue weighted by Crippen LogP contribution is 2.19. The number of nitrogens with one attached hydrogen (secondary N) is 2. The highest BCUT2D eigenvalue weighted by Gasteiger charge is 2.25. The van der Waals surface area contributed by atoms with Gasteiger partial charge >= 0.3 is 0 Å². The monoisotopic (exact) mass is 248 g/mol. The maximum atomic E-state index is 11.4. The molecule has 1 saturated heterocycles. The van der Waals surface area contributed by atoms with E-state index in [0.29, 0.717) is 5.69 Å². The third kappa shape index (κ3) is 2.79. The Bertz CT molecular complexity index is 427. The lowest BCUT2D eigenvalue weighted by molar-refractivity contribution is 0.0958. The molecule has 2 N–H and O–H groups in total. The summed E-state index contributed by atoms with van der Waals surface area (Å²) >= 11 is 0. The Hall–Kier alpha value is -1.62. The van der Waals surface area contributed by atoms with E-state index in [2.05, 4.69) is 34.4 Å². The van der Waals surface area contributed by atoms with Crippen LogP contribution in [0, 0.1) is 0 Å². The van der Waals surface area contributed by atoms with E-state index in [9.17, 15) is 4.79 Å². The first-order valence-corrected chi connectivity index (χ1v) is 6.20. The van der Waals surface area contributed by atoms with Crippen LogP contribution in [0.5, 0.6) is 0 Å². The van der Waals surface area contributed by atoms with Crippen molar-refractivity contribution in [3.05, 3.63) is 24.0 Å². The minimum atomic E-state index is -0.151. The fourth-order valence-corrected chi connectivity index (χ4v) is 2.20. The van der Waals surface area contributed by atoms with Crippen LogP contribution in [-0.2, 0) is 0 Å². The smallest absolute Gasteiger partial charge is 0.269 e. The average Bonchev–Trinajstić information content (AvgIpc) is 2.37. The molecule has 1 amide bonds. The third-order valence-corrected chi connectivity index (χ3v) is 3.14. The van der Waals surface area contributed by atoms with Gasteiger partial charge in [0, 0.05) is 32.2 Å². The van der Waals surface area contributed by atoms with E-state index in [1.54, 1.807) is 19.3 Å². The maximum Gasteiger partial charge on any atom is 0.269 e. The second-order valence-corrected chi connectivity index (χ2v) is 5.21. The second kappa shape index (κ2) is 4.94. The van der Waals surface area contributed by atoms with Crippen LogP contribution in [0.3, 0.4) is 0 Å². The number of pyridine rings is 1. The Kier molecular flexibility index (Phi) is 3.52. The normalized spacial score (nSPS) is 18.5. The van der Waals surface area contributed by atoms with Crippen molar-refractivity contribution in [1.29, 1.82) is 0 Å². The van der Waals surface area contributed by atoms with Gasteiger partial charge in [0.05, 0.1) is 11.9 Å². The summed E-state index contributed by atoms with van der Waals surface area (Å²) in [5, 5.41) is 6.04. The number of rotatable bonds is 2. The van der Waals surface area contributed by atoms with Crippen LogP contribution in [0.2, 0.25) is 0 Å². The largest absolute Gasteiger partial charge is 0.367 e. The zero-order valence-electron chi connectivity index (χ0n) is 11.2. The van der Waals surface area contributed by atoms with Crippen molar-refractivity contribution in [2.24, 2.45) is 0 Å². The molecule has 18 heavy (non-hydrogen) atoms. The maximum absolute atomic E-state index is 11.4. The van der Waals surface area contributed by atoms with E-state index in [-0.39, 0.29) is 11.4 Å². The molecule has 5 heteroatoms. The van der Waals surface area contributed by atoms with E-state index in [0.717, 1.165) is 25.3 Å². The molecule has 0 spiro atoms. The van der Waals surface area contributed by atoms with Gasteiger partial charge in [0.2, 0.25) is 0 Å². The molecule has 1 aliphatic rings. The molecule has 0 radical (unpaired) electrons. The van der Waals surface area contributed by atoms with Gasteiger partial charge in [0.1, 0.15) is 5.69 Å². The van der Waals surface area contributed by atoms with Crippen molar-refractivity contribution in [3.8, 4) is 0 Å². The number of amides is 1. The predicted molar refractivity (Wildman–Crippen MR) is 71.9 cm³/mol. The van der Waals surface area contributed by atoms with E-state index in [4.69, 9.17) is 0 Å². The van der Waals surface area contributed by atoms with Gasteiger partial charge in [-0.1, -0.05) is 0 Å². The number of aromatic nitrogens is 1. The molecule has 0 atom stereocenters. The van der Waals surface area contributed by atoms with Crippen LogP contribution < -0.4 is 15.5 Å². The molecule has 98 valence electrons. The number of nitrogens with zero attached hydrogens (tertiary/aromatic N) is 2. The number of carbonyl (C=O) groups excluding carboxylic acids is 1. The van der Waals surface area contributed by atoms with Gasteiger partial charge in [-0.15, -0.1) is 0 Å². The van der Waals surface area contributed by atoms with Gasteiger partial charge in [-0.05, 0) is 26.0 Å². The van der Waals surface area contributed by atoms with Crippen molar-refractivity contribution in [1.82, 2.24) is 15.6 Å². The minimum Gasteiger partial charge on any atom is -0.367 e. The van der Waals surface area contributed by atoms with E-state index in [1.807, 2.05) is 6.07 Å². The number of hydrogen-bond acceptors (Lipinski definition) is 4. The van der Waals surface area contributed by atoms with Crippen molar-refractivity contribution in [2.45, 2.75) is 19.4 Å². The summed E-state index contributed by atoms with van der Waals surface area (Å²) in [4.78, 5) is 17.9. The first-order chi connectivity index (χ1) is 8.52. The Balaban J connectivity index is 2.12. The topological polar surface area (TPSA) is 57.3 Å². The number of anilines is 1. The summed E-state index contributed by atoms with van der Waals surface area (Å²) in [6.07, 6.45) is 1.77. The lowest BCUT2D eigenvalue weighted by Crippen LogP contribution is -2.57. The van der Waals surface area contributed by atoms with Crippen molar-refractivity contribution >= 4 is 11.6 Å². The fourth-order valence-electron chi connectivity index (χ4n) is 2.20. The molecule has 0 saturated carbocycles. The van der Waals surface area contributed by atoms with Gasteiger partial charge in [-0.3, -0.25) is 4.79 Å². The third-order valence-electron chi connectivity index (χ3n) is 3.14. The van der Waals surface area contributed by atoms with Crippen LogP contribution in [0.1, 0.15) is 24.3 Å². The first kappa shape index (κ1) is 12.8. The highest BCUT2D eigenvalue weighted by atomic mass is 16.1. The summed E-state index contributed by atoms with van der Waals surface area (Å²) < 4.78 is 0. The predicted octanol–water partition coefficient (Wildman–Crippen LogP) is 0.629. The molecule has 1 aromatic rings. The molecular formula is C13H20N4O.